The molecule has 0 saturated carbocycles. The molecular weight excluding hydrogens is 418 g/mol. The zero-order chi connectivity index (χ0) is 22.1. The van der Waals surface area contributed by atoms with E-state index in [0.717, 1.165) is 51.5 Å². The lowest BCUT2D eigenvalue weighted by Crippen LogP contribution is -2.02. The number of hydrogen-bond donors (Lipinski definition) is 2. The number of carbonyl (C=O) groups is 1. The van der Waals surface area contributed by atoms with Crippen molar-refractivity contribution in [3.05, 3.63) is 101 Å². The van der Waals surface area contributed by atoms with E-state index in [2.05, 4.69) is 32.7 Å². The molecule has 0 aliphatic carbocycles. The smallest absolute Gasteiger partial charge is 0.342 e. The fraction of sp³-hybridized carbons (Fsp3) is 0.0769. The Balaban J connectivity index is 1.58. The topological polar surface area (TPSA) is 70.9 Å². The number of imidazole rings is 1. The monoisotopic (exact) mass is 439 g/mol. The average molecular weight is 440 g/mol. The van der Waals surface area contributed by atoms with E-state index in [1.807, 2.05) is 67.6 Å². The fourth-order valence-electron chi connectivity index (χ4n) is 3.96. The molecule has 0 fully saturated rings. The highest BCUT2D eigenvalue weighted by atomic mass is 32.2. The summed E-state index contributed by atoms with van der Waals surface area (Å²) in [6.07, 6.45) is 1.76. The summed E-state index contributed by atoms with van der Waals surface area (Å²) in [5.41, 5.74) is 5.92. The van der Waals surface area contributed by atoms with Crippen LogP contribution in [0, 0.1) is 6.92 Å². The van der Waals surface area contributed by atoms with Gasteiger partial charge in [-0.15, -0.1) is 0 Å². The van der Waals surface area contributed by atoms with Crippen LogP contribution in [0.5, 0.6) is 0 Å². The second-order valence-electron chi connectivity index (χ2n) is 7.56. The highest BCUT2D eigenvalue weighted by Crippen LogP contribution is 2.33. The quantitative estimate of drug-likeness (QED) is 0.248. The summed E-state index contributed by atoms with van der Waals surface area (Å²) in [6.45, 7) is 2.76. The van der Waals surface area contributed by atoms with Crippen LogP contribution in [0.3, 0.4) is 0 Å². The van der Waals surface area contributed by atoms with Gasteiger partial charge < -0.3 is 14.7 Å². The molecule has 158 valence electrons. The summed E-state index contributed by atoms with van der Waals surface area (Å²) < 4.78 is 2.24. The van der Waals surface area contributed by atoms with Gasteiger partial charge in [0.1, 0.15) is 4.91 Å². The first-order valence-corrected chi connectivity index (χ1v) is 11.1. The summed E-state index contributed by atoms with van der Waals surface area (Å²) in [5, 5.41) is 11.5. The Labute approximate surface area is 189 Å². The first kappa shape index (κ1) is 20.2. The lowest BCUT2D eigenvalue weighted by atomic mass is 10.1. The summed E-state index contributed by atoms with van der Waals surface area (Å²) >= 11 is 1.13. The van der Waals surface area contributed by atoms with E-state index in [0.29, 0.717) is 5.16 Å². The number of H-pyrrole nitrogens is 1. The summed E-state index contributed by atoms with van der Waals surface area (Å²) in [5.74, 6) is -0.977. The van der Waals surface area contributed by atoms with Gasteiger partial charge in [-0.05, 0) is 48.5 Å². The molecule has 3 aromatic carbocycles. The average Bonchev–Trinajstić information content (AvgIpc) is 3.33. The second kappa shape index (κ2) is 8.40. The van der Waals surface area contributed by atoms with E-state index in [4.69, 9.17) is 0 Å². The van der Waals surface area contributed by atoms with Gasteiger partial charge in [-0.1, -0.05) is 60.7 Å². The van der Waals surface area contributed by atoms with Gasteiger partial charge in [-0.3, -0.25) is 0 Å². The number of para-hydroxylation sites is 3. The van der Waals surface area contributed by atoms with Gasteiger partial charge in [-0.25, -0.2) is 9.78 Å². The number of fused-ring (bicyclic) bond motifs is 2. The molecule has 2 heterocycles. The number of aromatic amines is 1. The van der Waals surface area contributed by atoms with Gasteiger partial charge in [0.15, 0.2) is 5.16 Å². The Morgan fingerprint density at radius 1 is 1.03 bits per heavy atom. The predicted octanol–water partition coefficient (Wildman–Crippen LogP) is 6.09. The van der Waals surface area contributed by atoms with Gasteiger partial charge in [0.05, 0.1) is 11.0 Å². The molecule has 5 rings (SSSR count). The van der Waals surface area contributed by atoms with E-state index in [1.165, 1.54) is 5.56 Å². The molecule has 0 unspecified atom stereocenters. The number of nitrogens with zero attached hydrogens (tertiary/aromatic N) is 2. The number of carboxylic acids is 1. The highest BCUT2D eigenvalue weighted by molar-refractivity contribution is 8.04. The van der Waals surface area contributed by atoms with Gasteiger partial charge in [-0.2, -0.15) is 0 Å². The van der Waals surface area contributed by atoms with Crippen molar-refractivity contribution in [3.8, 4) is 0 Å². The zero-order valence-electron chi connectivity index (χ0n) is 17.4. The maximum atomic E-state index is 12.1. The van der Waals surface area contributed by atoms with Gasteiger partial charge in [0.2, 0.25) is 0 Å². The number of nitrogens with one attached hydrogen (secondary N) is 1. The molecule has 2 N–H and O–H groups in total. The summed E-state index contributed by atoms with van der Waals surface area (Å²) in [4.78, 5) is 20.1. The van der Waals surface area contributed by atoms with Crippen molar-refractivity contribution in [2.75, 3.05) is 0 Å². The van der Waals surface area contributed by atoms with Crippen LogP contribution in [0.1, 0.15) is 16.8 Å². The van der Waals surface area contributed by atoms with Crippen molar-refractivity contribution in [2.45, 2.75) is 18.6 Å². The molecule has 0 aliphatic heterocycles. The van der Waals surface area contributed by atoms with Crippen LogP contribution in [0.25, 0.3) is 28.0 Å². The third-order valence-electron chi connectivity index (χ3n) is 5.52. The molecule has 0 radical (unpaired) electrons. The third kappa shape index (κ3) is 3.81. The maximum Gasteiger partial charge on any atom is 0.342 e. The molecule has 2 aromatic heterocycles. The van der Waals surface area contributed by atoms with Crippen molar-refractivity contribution in [1.82, 2.24) is 14.5 Å². The van der Waals surface area contributed by atoms with Gasteiger partial charge in [0.25, 0.3) is 0 Å². The fourth-order valence-corrected chi connectivity index (χ4v) is 4.73. The Hall–Kier alpha value is -3.77. The number of aromatic nitrogens is 3. The first-order chi connectivity index (χ1) is 15.6. The van der Waals surface area contributed by atoms with Crippen LogP contribution in [-0.2, 0) is 11.3 Å². The van der Waals surface area contributed by atoms with E-state index >= 15 is 0 Å². The third-order valence-corrected chi connectivity index (χ3v) is 6.42. The van der Waals surface area contributed by atoms with E-state index in [9.17, 15) is 9.90 Å². The molecule has 32 heavy (non-hydrogen) atoms. The Bertz CT molecular complexity index is 1430. The lowest BCUT2D eigenvalue weighted by molar-refractivity contribution is -0.131. The molecular formula is C26H21N3O2S. The van der Waals surface area contributed by atoms with Crippen LogP contribution >= 0.6 is 11.8 Å². The van der Waals surface area contributed by atoms with Gasteiger partial charge in [0, 0.05) is 28.7 Å². The lowest BCUT2D eigenvalue weighted by Gasteiger charge is -2.09. The van der Waals surface area contributed by atoms with Crippen LogP contribution in [0.2, 0.25) is 0 Å². The van der Waals surface area contributed by atoms with E-state index < -0.39 is 5.97 Å². The Kier molecular flexibility index (Phi) is 5.29. The van der Waals surface area contributed by atoms with Gasteiger partial charge >= 0.3 is 5.97 Å². The molecule has 0 spiro atoms. The molecule has 0 saturated heterocycles. The van der Waals surface area contributed by atoms with Crippen LogP contribution in [0.4, 0.5) is 0 Å². The molecule has 0 aliphatic rings. The number of thioether (sulfide) groups is 1. The maximum absolute atomic E-state index is 12.1. The first-order valence-electron chi connectivity index (χ1n) is 10.3. The van der Waals surface area contributed by atoms with Crippen LogP contribution in [0.15, 0.2) is 88.9 Å². The second-order valence-corrected chi connectivity index (χ2v) is 8.59. The Morgan fingerprint density at radius 2 is 1.75 bits per heavy atom. The van der Waals surface area contributed by atoms with Crippen molar-refractivity contribution in [1.29, 1.82) is 0 Å². The molecule has 5 nitrogen and oxygen atoms in total. The molecule has 0 bridgehead atoms. The molecule has 5 aromatic rings. The molecule has 6 heteroatoms. The predicted molar refractivity (Wildman–Crippen MR) is 130 cm³/mol. The van der Waals surface area contributed by atoms with Crippen molar-refractivity contribution < 1.29 is 9.90 Å². The van der Waals surface area contributed by atoms with Crippen molar-refractivity contribution in [3.63, 3.8) is 0 Å². The van der Waals surface area contributed by atoms with E-state index in [-0.39, 0.29) is 4.91 Å². The van der Waals surface area contributed by atoms with Crippen molar-refractivity contribution >= 4 is 45.7 Å². The largest absolute Gasteiger partial charge is 0.477 e. The minimum absolute atomic E-state index is 0.217. The number of aliphatic carboxylic acids is 1. The zero-order valence-corrected chi connectivity index (χ0v) is 18.3. The SMILES string of the molecule is Cc1c(/C=C(\Sc2nc3ccccc3[nH]2)C(=O)O)c2ccccc2n1Cc1ccccc1. The minimum Gasteiger partial charge on any atom is -0.477 e. The normalized spacial score (nSPS) is 12.0. The number of hydrogen-bond acceptors (Lipinski definition) is 3. The highest BCUT2D eigenvalue weighted by Gasteiger charge is 2.18. The summed E-state index contributed by atoms with van der Waals surface area (Å²) in [6, 6.07) is 26.1. The Morgan fingerprint density at radius 3 is 2.53 bits per heavy atom. The summed E-state index contributed by atoms with van der Waals surface area (Å²) in [7, 11) is 0. The van der Waals surface area contributed by atoms with Crippen molar-refractivity contribution in [2.24, 2.45) is 0 Å². The number of benzene rings is 3. The standard InChI is InChI=1S/C26H21N3O2S/c1-17-20(15-24(25(30)31)32-26-27-21-12-6-7-13-22(21)28-26)19-11-5-8-14-23(19)29(17)16-18-9-3-2-4-10-18/h2-15H,16H2,1H3,(H,27,28)(H,30,31)/b24-15-. The van der Waals surface area contributed by atoms with E-state index in [1.54, 1.807) is 6.08 Å². The number of rotatable bonds is 6. The van der Waals surface area contributed by atoms with Crippen LogP contribution in [-0.4, -0.2) is 25.6 Å². The molecule has 0 atom stereocenters. The minimum atomic E-state index is -0.977. The van der Waals surface area contributed by atoms with Crippen LogP contribution < -0.4 is 0 Å². The number of carboxylic acid groups (broad SMARTS) is 1. The molecule has 0 amide bonds.